The summed E-state index contributed by atoms with van der Waals surface area (Å²) in [5, 5.41) is 11.1. The van der Waals surface area contributed by atoms with Gasteiger partial charge in [-0.05, 0) is 35.2 Å². The Morgan fingerprint density at radius 1 is 1.17 bits per heavy atom. The van der Waals surface area contributed by atoms with Crippen LogP contribution in [0.2, 0.25) is 0 Å². The topological polar surface area (TPSA) is 98.6 Å². The van der Waals surface area contributed by atoms with E-state index in [0.29, 0.717) is 32.7 Å². The molecule has 3 heterocycles. The first-order chi connectivity index (χ1) is 17.1. The van der Waals surface area contributed by atoms with Crippen LogP contribution in [-0.4, -0.2) is 58.0 Å². The second-order valence-corrected chi connectivity index (χ2v) is 8.71. The minimum absolute atomic E-state index is 0.0761. The zero-order valence-electron chi connectivity index (χ0n) is 19.5. The number of carbonyl (C=O) groups is 2. The third-order valence-corrected chi connectivity index (χ3v) is 6.40. The van der Waals surface area contributed by atoms with E-state index in [0.717, 1.165) is 22.4 Å². The fourth-order valence-electron chi connectivity index (χ4n) is 4.56. The van der Waals surface area contributed by atoms with Crippen LogP contribution in [0.3, 0.4) is 0 Å². The molecule has 1 fully saturated rings. The number of benzene rings is 2. The Morgan fingerprint density at radius 2 is 2.00 bits per heavy atom. The highest BCUT2D eigenvalue weighted by Crippen LogP contribution is 2.29. The Morgan fingerprint density at radius 3 is 2.83 bits per heavy atom. The smallest absolute Gasteiger partial charge is 0.360 e. The lowest BCUT2D eigenvalue weighted by Crippen LogP contribution is -2.39. The van der Waals surface area contributed by atoms with Crippen molar-refractivity contribution >= 4 is 23.6 Å². The van der Waals surface area contributed by atoms with Gasteiger partial charge in [0.25, 0.3) is 0 Å². The third-order valence-electron chi connectivity index (χ3n) is 6.40. The van der Waals surface area contributed by atoms with E-state index >= 15 is 0 Å². The van der Waals surface area contributed by atoms with Crippen LogP contribution in [0.15, 0.2) is 60.8 Å². The molecule has 0 radical (unpaired) electrons. The van der Waals surface area contributed by atoms with E-state index in [4.69, 9.17) is 9.47 Å². The molecule has 9 nitrogen and oxygen atoms in total. The molecule has 2 atom stereocenters. The number of aromatic nitrogens is 3. The molecule has 2 aliphatic rings. The molecule has 2 aliphatic heterocycles. The van der Waals surface area contributed by atoms with Crippen molar-refractivity contribution in [2.45, 2.75) is 31.7 Å². The minimum Gasteiger partial charge on any atom is -0.464 e. The maximum Gasteiger partial charge on any atom is 0.360 e. The maximum absolute atomic E-state index is 13.4. The number of ether oxygens (including phenoxy) is 2. The molecule has 9 heteroatoms. The predicted molar refractivity (Wildman–Crippen MR) is 129 cm³/mol. The zero-order chi connectivity index (χ0) is 24.2. The van der Waals surface area contributed by atoms with Crippen molar-refractivity contribution in [1.82, 2.24) is 19.9 Å². The van der Waals surface area contributed by atoms with E-state index in [2.05, 4.69) is 26.6 Å². The number of amides is 1. The van der Waals surface area contributed by atoms with Crippen molar-refractivity contribution in [2.75, 3.05) is 25.5 Å². The SMILES string of the molecule is COC(=O)c1cn([C@@H]2C[C@@H](C(=O)Nc3ccc4c(c3)COC4)N(CC=Cc3ccccc3)C2)nn1. The molecule has 5 rings (SSSR count). The van der Waals surface area contributed by atoms with Gasteiger partial charge in [-0.15, -0.1) is 5.10 Å². The molecule has 1 saturated heterocycles. The highest BCUT2D eigenvalue weighted by atomic mass is 16.5. The summed E-state index contributed by atoms with van der Waals surface area (Å²) in [6, 6.07) is 15.5. The molecule has 35 heavy (non-hydrogen) atoms. The number of rotatable bonds is 7. The lowest BCUT2D eigenvalue weighted by atomic mass is 10.1. The molecule has 1 amide bonds. The Hall–Kier alpha value is -3.82. The molecule has 180 valence electrons. The monoisotopic (exact) mass is 473 g/mol. The number of carbonyl (C=O) groups excluding carboxylic acids is 2. The average Bonchev–Trinajstić information content (AvgIpc) is 3.63. The number of methoxy groups -OCH3 is 1. The van der Waals surface area contributed by atoms with Gasteiger partial charge in [-0.2, -0.15) is 0 Å². The Bertz CT molecular complexity index is 1240. The van der Waals surface area contributed by atoms with Crippen molar-refractivity contribution in [3.63, 3.8) is 0 Å². The molecular formula is C26H27N5O4. The molecular weight excluding hydrogens is 446 g/mol. The first-order valence-electron chi connectivity index (χ1n) is 11.6. The third kappa shape index (κ3) is 5.16. The average molecular weight is 474 g/mol. The molecule has 1 N–H and O–H groups in total. The number of likely N-dealkylation sites (tertiary alicyclic amines) is 1. The van der Waals surface area contributed by atoms with Crippen LogP contribution in [0, 0.1) is 0 Å². The predicted octanol–water partition coefficient (Wildman–Crippen LogP) is 3.06. The van der Waals surface area contributed by atoms with Gasteiger partial charge in [0.05, 0.1) is 38.6 Å². The minimum atomic E-state index is -0.535. The van der Waals surface area contributed by atoms with Crippen molar-refractivity contribution in [3.05, 3.63) is 83.2 Å². The first-order valence-corrected chi connectivity index (χ1v) is 11.6. The van der Waals surface area contributed by atoms with Gasteiger partial charge in [0.1, 0.15) is 0 Å². The molecule has 0 saturated carbocycles. The largest absolute Gasteiger partial charge is 0.464 e. The normalized spacial score (nSPS) is 19.7. The summed E-state index contributed by atoms with van der Waals surface area (Å²) in [5.41, 5.74) is 4.27. The van der Waals surface area contributed by atoms with Gasteiger partial charge in [0, 0.05) is 18.8 Å². The van der Waals surface area contributed by atoms with Gasteiger partial charge in [-0.1, -0.05) is 53.8 Å². The molecule has 1 aromatic heterocycles. The molecule has 3 aromatic rings. The van der Waals surface area contributed by atoms with Gasteiger partial charge in [-0.3, -0.25) is 9.69 Å². The highest BCUT2D eigenvalue weighted by molar-refractivity contribution is 5.95. The first kappa shape index (κ1) is 22.9. The van der Waals surface area contributed by atoms with Gasteiger partial charge in [-0.25, -0.2) is 9.48 Å². The number of hydrogen-bond donors (Lipinski definition) is 1. The fourth-order valence-corrected chi connectivity index (χ4v) is 4.56. The summed E-state index contributed by atoms with van der Waals surface area (Å²) in [4.78, 5) is 27.3. The van der Waals surface area contributed by atoms with Crippen LogP contribution in [0.25, 0.3) is 6.08 Å². The summed E-state index contributed by atoms with van der Waals surface area (Å²) in [6.07, 6.45) is 6.23. The molecule has 0 aliphatic carbocycles. The van der Waals surface area contributed by atoms with Gasteiger partial charge in [0.15, 0.2) is 5.69 Å². The van der Waals surface area contributed by atoms with Crippen LogP contribution >= 0.6 is 0 Å². The van der Waals surface area contributed by atoms with Crippen molar-refractivity contribution in [1.29, 1.82) is 0 Å². The second-order valence-electron chi connectivity index (χ2n) is 8.71. The number of esters is 1. The Labute approximate surface area is 203 Å². The van der Waals surface area contributed by atoms with E-state index < -0.39 is 5.97 Å². The second kappa shape index (κ2) is 10.2. The Kier molecular flexibility index (Phi) is 6.69. The number of fused-ring (bicyclic) bond motifs is 1. The van der Waals surface area contributed by atoms with Crippen LogP contribution in [0.4, 0.5) is 5.69 Å². The number of nitrogens with zero attached hydrogens (tertiary/aromatic N) is 4. The van der Waals surface area contributed by atoms with Crippen molar-refractivity contribution in [3.8, 4) is 0 Å². The van der Waals surface area contributed by atoms with Crippen LogP contribution in [0.1, 0.15) is 39.6 Å². The number of hydrogen-bond acceptors (Lipinski definition) is 7. The molecule has 0 spiro atoms. The van der Waals surface area contributed by atoms with Crippen LogP contribution < -0.4 is 5.32 Å². The lowest BCUT2D eigenvalue weighted by molar-refractivity contribution is -0.120. The summed E-state index contributed by atoms with van der Waals surface area (Å²) in [5.74, 6) is -0.612. The van der Waals surface area contributed by atoms with E-state index in [9.17, 15) is 9.59 Å². The number of anilines is 1. The fraction of sp³-hybridized carbons (Fsp3) is 0.308. The highest BCUT2D eigenvalue weighted by Gasteiger charge is 2.38. The van der Waals surface area contributed by atoms with E-state index in [1.54, 1.807) is 10.9 Å². The van der Waals surface area contributed by atoms with E-state index in [1.165, 1.54) is 7.11 Å². The Balaban J connectivity index is 1.32. The maximum atomic E-state index is 13.4. The van der Waals surface area contributed by atoms with Crippen LogP contribution in [0.5, 0.6) is 0 Å². The zero-order valence-corrected chi connectivity index (χ0v) is 19.5. The quantitative estimate of drug-likeness (QED) is 0.527. The summed E-state index contributed by atoms with van der Waals surface area (Å²) >= 11 is 0. The number of nitrogens with one attached hydrogen (secondary N) is 1. The summed E-state index contributed by atoms with van der Waals surface area (Å²) in [7, 11) is 1.31. The molecule has 0 bridgehead atoms. The van der Waals surface area contributed by atoms with Gasteiger partial charge >= 0.3 is 5.97 Å². The van der Waals surface area contributed by atoms with Crippen LogP contribution in [-0.2, 0) is 27.5 Å². The standard InChI is InChI=1S/C26H27N5O4/c1-34-26(33)23-15-31(29-28-23)22-13-24(30(14-22)11-5-8-18-6-3-2-4-7-18)25(32)27-21-10-9-19-16-35-17-20(19)12-21/h2-10,12,15,22,24H,11,13-14,16-17H2,1H3,(H,27,32)/t22-,24+/m1/s1. The van der Waals surface area contributed by atoms with E-state index in [-0.39, 0.29) is 23.7 Å². The summed E-state index contributed by atoms with van der Waals surface area (Å²) in [6.45, 7) is 2.37. The lowest BCUT2D eigenvalue weighted by Gasteiger charge is -2.22. The van der Waals surface area contributed by atoms with Gasteiger partial charge < -0.3 is 14.8 Å². The molecule has 2 aromatic carbocycles. The van der Waals surface area contributed by atoms with Crippen molar-refractivity contribution < 1.29 is 19.1 Å². The van der Waals surface area contributed by atoms with Crippen molar-refractivity contribution in [2.24, 2.45) is 0 Å². The van der Waals surface area contributed by atoms with E-state index in [1.807, 2.05) is 54.6 Å². The van der Waals surface area contributed by atoms with Gasteiger partial charge in [0.2, 0.25) is 5.91 Å². The summed E-state index contributed by atoms with van der Waals surface area (Å²) < 4.78 is 11.9. The molecule has 0 unspecified atom stereocenters.